The normalized spacial score (nSPS) is 18.6. The fraction of sp³-hybridized carbons (Fsp3) is 0.269. The Hall–Kier alpha value is -3.94. The zero-order valence-corrected chi connectivity index (χ0v) is 19.2. The lowest BCUT2D eigenvalue weighted by Crippen LogP contribution is -2.37. The number of halogens is 1. The Labute approximate surface area is 196 Å². The van der Waals surface area contributed by atoms with E-state index in [2.05, 4.69) is 29.6 Å². The summed E-state index contributed by atoms with van der Waals surface area (Å²) in [5, 5.41) is 10.7. The maximum atomic E-state index is 13.4. The summed E-state index contributed by atoms with van der Waals surface area (Å²) >= 11 is 0. The molecular formula is C26H25FN4O3. The number of hydrogen-bond donors (Lipinski definition) is 2. The summed E-state index contributed by atoms with van der Waals surface area (Å²) in [6.45, 7) is 4.12. The number of carbonyl (C=O) groups is 2. The van der Waals surface area contributed by atoms with Gasteiger partial charge in [-0.1, -0.05) is 32.0 Å². The number of carbonyl (C=O) groups excluding carboxylic acids is 2. The number of fused-ring (bicyclic) bond motifs is 1. The Morgan fingerprint density at radius 1 is 1.18 bits per heavy atom. The summed E-state index contributed by atoms with van der Waals surface area (Å²) in [5.41, 5.74) is 2.81. The highest BCUT2D eigenvalue weighted by molar-refractivity contribution is 6.08. The molecule has 0 saturated carbocycles. The predicted octanol–water partition coefficient (Wildman–Crippen LogP) is 4.94. The van der Waals surface area contributed by atoms with Crippen LogP contribution in [0.2, 0.25) is 0 Å². The van der Waals surface area contributed by atoms with Gasteiger partial charge in [-0.15, -0.1) is 0 Å². The van der Waals surface area contributed by atoms with Gasteiger partial charge in [0.15, 0.2) is 5.78 Å². The largest absolute Gasteiger partial charge is 0.496 e. The van der Waals surface area contributed by atoms with Gasteiger partial charge in [0.2, 0.25) is 0 Å². The fourth-order valence-corrected chi connectivity index (χ4v) is 4.79. The van der Waals surface area contributed by atoms with Gasteiger partial charge in [-0.05, 0) is 42.2 Å². The van der Waals surface area contributed by atoms with E-state index in [9.17, 15) is 14.0 Å². The van der Waals surface area contributed by atoms with Crippen molar-refractivity contribution in [1.29, 1.82) is 0 Å². The molecule has 34 heavy (non-hydrogen) atoms. The molecule has 1 aliphatic heterocycles. The SMILES string of the molecule is COc1ccccc1[C@H]1C2=C(CC(C)(C)CC2=O)Nc2c(C(=O)Nc3ccc(F)cc3)cnn21. The summed E-state index contributed by atoms with van der Waals surface area (Å²) < 4.78 is 20.5. The molecule has 0 unspecified atom stereocenters. The second-order valence-electron chi connectivity index (χ2n) is 9.42. The van der Waals surface area contributed by atoms with Crippen molar-refractivity contribution in [3.63, 3.8) is 0 Å². The van der Waals surface area contributed by atoms with Crippen molar-refractivity contribution in [2.45, 2.75) is 32.7 Å². The Bertz CT molecular complexity index is 1320. The van der Waals surface area contributed by atoms with Crippen LogP contribution < -0.4 is 15.4 Å². The number of aromatic nitrogens is 2. The monoisotopic (exact) mass is 460 g/mol. The minimum Gasteiger partial charge on any atom is -0.496 e. The van der Waals surface area contributed by atoms with Crippen molar-refractivity contribution in [3.8, 4) is 5.75 Å². The zero-order valence-electron chi connectivity index (χ0n) is 19.2. The molecule has 1 atom stereocenters. The van der Waals surface area contributed by atoms with Crippen LogP contribution in [-0.4, -0.2) is 28.6 Å². The van der Waals surface area contributed by atoms with E-state index in [0.717, 1.165) is 11.3 Å². The van der Waals surface area contributed by atoms with Crippen molar-refractivity contribution in [3.05, 3.63) is 82.9 Å². The van der Waals surface area contributed by atoms with Crippen molar-refractivity contribution in [2.75, 3.05) is 17.7 Å². The highest BCUT2D eigenvalue weighted by Gasteiger charge is 2.43. The van der Waals surface area contributed by atoms with E-state index in [0.29, 0.717) is 41.2 Å². The summed E-state index contributed by atoms with van der Waals surface area (Å²) in [4.78, 5) is 26.5. The van der Waals surface area contributed by atoms with Crippen LogP contribution in [0, 0.1) is 11.2 Å². The maximum Gasteiger partial charge on any atom is 0.261 e. The molecule has 2 N–H and O–H groups in total. The molecule has 7 nitrogen and oxygen atoms in total. The van der Waals surface area contributed by atoms with E-state index >= 15 is 0 Å². The summed E-state index contributed by atoms with van der Waals surface area (Å²) in [6.07, 6.45) is 2.56. The van der Waals surface area contributed by atoms with Crippen LogP contribution >= 0.6 is 0 Å². The van der Waals surface area contributed by atoms with Gasteiger partial charge >= 0.3 is 0 Å². The third kappa shape index (κ3) is 3.75. The number of methoxy groups -OCH3 is 1. The summed E-state index contributed by atoms with van der Waals surface area (Å²) in [5.74, 6) is 0.418. The molecular weight excluding hydrogens is 435 g/mol. The molecule has 0 saturated heterocycles. The van der Waals surface area contributed by atoms with E-state index in [1.807, 2.05) is 24.3 Å². The van der Waals surface area contributed by atoms with Gasteiger partial charge in [0.1, 0.15) is 29.0 Å². The number of ether oxygens (including phenoxy) is 1. The molecule has 2 aliphatic rings. The molecule has 2 aromatic carbocycles. The number of nitrogens with zero attached hydrogens (tertiary/aromatic N) is 2. The molecule has 3 aromatic rings. The molecule has 0 radical (unpaired) electrons. The van der Waals surface area contributed by atoms with Crippen LogP contribution in [0.5, 0.6) is 5.75 Å². The third-order valence-electron chi connectivity index (χ3n) is 6.28. The molecule has 1 aromatic heterocycles. The van der Waals surface area contributed by atoms with Gasteiger partial charge in [-0.2, -0.15) is 5.10 Å². The zero-order chi connectivity index (χ0) is 24.0. The molecule has 1 amide bonds. The average molecular weight is 461 g/mol. The Kier molecular flexibility index (Phi) is 5.23. The average Bonchev–Trinajstić information content (AvgIpc) is 3.22. The predicted molar refractivity (Wildman–Crippen MR) is 126 cm³/mol. The van der Waals surface area contributed by atoms with Gasteiger partial charge in [0.25, 0.3) is 5.91 Å². The number of ketones is 1. The molecule has 1 aliphatic carbocycles. The molecule has 8 heteroatoms. The number of amides is 1. The lowest BCUT2D eigenvalue weighted by Gasteiger charge is -2.39. The second kappa shape index (κ2) is 8.13. The first-order chi connectivity index (χ1) is 16.3. The van der Waals surface area contributed by atoms with Crippen LogP contribution in [0.25, 0.3) is 0 Å². The highest BCUT2D eigenvalue weighted by Crippen LogP contribution is 2.47. The number of para-hydroxylation sites is 1. The van der Waals surface area contributed by atoms with Gasteiger partial charge in [-0.25, -0.2) is 9.07 Å². The molecule has 2 heterocycles. The van der Waals surface area contributed by atoms with Crippen LogP contribution in [0.1, 0.15) is 48.7 Å². The van der Waals surface area contributed by atoms with Gasteiger partial charge in [-0.3, -0.25) is 9.59 Å². The van der Waals surface area contributed by atoms with Crippen molar-refractivity contribution < 1.29 is 18.7 Å². The Balaban J connectivity index is 1.61. The van der Waals surface area contributed by atoms with E-state index in [1.165, 1.54) is 30.5 Å². The summed E-state index contributed by atoms with van der Waals surface area (Å²) in [7, 11) is 1.59. The first-order valence-electron chi connectivity index (χ1n) is 11.1. The fourth-order valence-electron chi connectivity index (χ4n) is 4.79. The highest BCUT2D eigenvalue weighted by atomic mass is 19.1. The van der Waals surface area contributed by atoms with Crippen LogP contribution in [-0.2, 0) is 4.79 Å². The number of benzene rings is 2. The van der Waals surface area contributed by atoms with Crippen LogP contribution in [0.3, 0.4) is 0 Å². The number of rotatable bonds is 4. The third-order valence-corrected chi connectivity index (χ3v) is 6.28. The standard InChI is InChI=1S/C26H25FN4O3/c1-26(2)12-19-22(20(32)13-26)23(17-6-4-5-7-21(17)34-3)31-24(30-19)18(14-28-31)25(33)29-16-10-8-15(27)9-11-16/h4-11,14,23,30H,12-13H2,1-3H3,(H,29,33)/t23-/m0/s1. The Morgan fingerprint density at radius 3 is 2.65 bits per heavy atom. The molecule has 0 fully saturated rings. The minimum absolute atomic E-state index is 0.0492. The first-order valence-corrected chi connectivity index (χ1v) is 11.1. The lowest BCUT2D eigenvalue weighted by atomic mass is 9.73. The number of anilines is 2. The second-order valence-corrected chi connectivity index (χ2v) is 9.42. The van der Waals surface area contributed by atoms with Crippen molar-refractivity contribution >= 4 is 23.2 Å². The van der Waals surface area contributed by atoms with Crippen molar-refractivity contribution in [1.82, 2.24) is 9.78 Å². The van der Waals surface area contributed by atoms with Crippen molar-refractivity contribution in [2.24, 2.45) is 5.41 Å². The molecule has 0 spiro atoms. The van der Waals surface area contributed by atoms with E-state index in [-0.39, 0.29) is 22.9 Å². The number of nitrogens with one attached hydrogen (secondary N) is 2. The molecule has 0 bridgehead atoms. The topological polar surface area (TPSA) is 85.2 Å². The number of allylic oxidation sites excluding steroid dienone is 2. The van der Waals surface area contributed by atoms with E-state index < -0.39 is 6.04 Å². The van der Waals surface area contributed by atoms with Gasteiger partial charge in [0, 0.05) is 28.9 Å². The number of Topliss-reactive ketones (excluding diaryl/α,β-unsaturated/α-hetero) is 1. The van der Waals surface area contributed by atoms with Crippen LogP contribution in [0.4, 0.5) is 15.9 Å². The Morgan fingerprint density at radius 2 is 1.91 bits per heavy atom. The summed E-state index contributed by atoms with van der Waals surface area (Å²) in [6, 6.07) is 12.6. The lowest BCUT2D eigenvalue weighted by molar-refractivity contribution is -0.118. The van der Waals surface area contributed by atoms with E-state index in [1.54, 1.807) is 11.8 Å². The smallest absolute Gasteiger partial charge is 0.261 e. The first kappa shape index (κ1) is 21.9. The van der Waals surface area contributed by atoms with Gasteiger partial charge in [0.05, 0.1) is 13.3 Å². The quantitative estimate of drug-likeness (QED) is 0.576. The molecule has 174 valence electrons. The van der Waals surface area contributed by atoms with E-state index in [4.69, 9.17) is 4.74 Å². The maximum absolute atomic E-state index is 13.4. The number of hydrogen-bond acceptors (Lipinski definition) is 5. The van der Waals surface area contributed by atoms with Crippen LogP contribution in [0.15, 0.2) is 66.0 Å². The minimum atomic E-state index is -0.529. The molecule has 5 rings (SSSR count). The van der Waals surface area contributed by atoms with Gasteiger partial charge < -0.3 is 15.4 Å².